The lowest BCUT2D eigenvalue weighted by atomic mass is 10.2. The first-order chi connectivity index (χ1) is 12.3. The number of benzene rings is 1. The monoisotopic (exact) mass is 384 g/mol. The summed E-state index contributed by atoms with van der Waals surface area (Å²) in [6.45, 7) is 4.95. The van der Waals surface area contributed by atoms with E-state index in [1.165, 1.54) is 38.2 Å². The molecule has 1 N–H and O–H groups in total. The van der Waals surface area contributed by atoms with Crippen LogP contribution in [0.2, 0.25) is 0 Å². The minimum Gasteiger partial charge on any atom is -0.381 e. The van der Waals surface area contributed by atoms with Crippen LogP contribution in [0.25, 0.3) is 0 Å². The highest BCUT2D eigenvalue weighted by atomic mass is 32.2. The van der Waals surface area contributed by atoms with Crippen molar-refractivity contribution in [1.29, 1.82) is 0 Å². The maximum Gasteiger partial charge on any atom is 0.243 e. The minimum absolute atomic E-state index is 0.0436. The molecule has 1 aromatic carbocycles. The summed E-state index contributed by atoms with van der Waals surface area (Å²) < 4.78 is 31.3. The maximum atomic E-state index is 12.5. The average molecular weight is 384 g/mol. The number of rotatable bonds is 12. The molecule has 0 aliphatic carbocycles. The standard InChI is InChI=1S/C18H28N2O5S/c1-4-5-12-25-13-6-11-19-18(22)14-20(3)26(23,24)17-9-7-16(8-10-17)15(2)21/h7-10H,4-6,11-14H2,1-3H3,(H,19,22). The van der Waals surface area contributed by atoms with E-state index in [0.29, 0.717) is 31.7 Å². The van der Waals surface area contributed by atoms with E-state index < -0.39 is 10.0 Å². The number of hydrogen-bond acceptors (Lipinski definition) is 5. The number of unbranched alkanes of at least 4 members (excludes halogenated alkanes) is 1. The Kier molecular flexibility index (Phi) is 9.47. The Morgan fingerprint density at radius 3 is 2.31 bits per heavy atom. The van der Waals surface area contributed by atoms with Crippen molar-refractivity contribution in [3.63, 3.8) is 0 Å². The maximum absolute atomic E-state index is 12.5. The molecular formula is C18H28N2O5S. The fraction of sp³-hybridized carbons (Fsp3) is 0.556. The van der Waals surface area contributed by atoms with Crippen LogP contribution >= 0.6 is 0 Å². The molecule has 146 valence electrons. The lowest BCUT2D eigenvalue weighted by Gasteiger charge is -2.17. The first-order valence-corrected chi connectivity index (χ1v) is 10.1. The van der Waals surface area contributed by atoms with Crippen LogP contribution in [-0.2, 0) is 19.6 Å². The van der Waals surface area contributed by atoms with Crippen LogP contribution in [0.4, 0.5) is 0 Å². The molecule has 0 heterocycles. The molecule has 0 aromatic heterocycles. The third-order valence-electron chi connectivity index (χ3n) is 3.77. The van der Waals surface area contributed by atoms with Gasteiger partial charge in [-0.3, -0.25) is 9.59 Å². The summed E-state index contributed by atoms with van der Waals surface area (Å²) in [5, 5.41) is 2.68. The van der Waals surface area contributed by atoms with Gasteiger partial charge in [0.2, 0.25) is 15.9 Å². The Bertz CT molecular complexity index is 686. The van der Waals surface area contributed by atoms with Gasteiger partial charge in [-0.2, -0.15) is 4.31 Å². The molecule has 0 radical (unpaired) electrons. The summed E-state index contributed by atoms with van der Waals surface area (Å²) in [7, 11) is -2.44. The van der Waals surface area contributed by atoms with E-state index in [-0.39, 0.29) is 23.1 Å². The fourth-order valence-electron chi connectivity index (χ4n) is 2.14. The molecule has 7 nitrogen and oxygen atoms in total. The van der Waals surface area contributed by atoms with Crippen LogP contribution in [-0.4, -0.2) is 57.8 Å². The number of Topliss-reactive ketones (excluding diaryl/α,β-unsaturated/α-hetero) is 1. The van der Waals surface area contributed by atoms with Crippen LogP contribution in [0.1, 0.15) is 43.5 Å². The number of nitrogens with zero attached hydrogens (tertiary/aromatic N) is 1. The Morgan fingerprint density at radius 2 is 1.73 bits per heavy atom. The van der Waals surface area contributed by atoms with Crippen molar-refractivity contribution in [2.45, 2.75) is 38.0 Å². The van der Waals surface area contributed by atoms with Crippen LogP contribution in [0.3, 0.4) is 0 Å². The normalized spacial score (nSPS) is 11.5. The summed E-state index contributed by atoms with van der Waals surface area (Å²) in [5.74, 6) is -0.509. The van der Waals surface area contributed by atoms with Gasteiger partial charge in [-0.25, -0.2) is 8.42 Å². The number of sulfonamides is 1. The average Bonchev–Trinajstić information content (AvgIpc) is 2.60. The Morgan fingerprint density at radius 1 is 1.12 bits per heavy atom. The van der Waals surface area contributed by atoms with Gasteiger partial charge in [0.15, 0.2) is 5.78 Å². The highest BCUT2D eigenvalue weighted by molar-refractivity contribution is 7.89. The molecule has 0 fully saturated rings. The molecule has 0 saturated carbocycles. The second-order valence-electron chi connectivity index (χ2n) is 6.01. The van der Waals surface area contributed by atoms with Gasteiger partial charge in [-0.1, -0.05) is 25.5 Å². The predicted molar refractivity (Wildman–Crippen MR) is 99.6 cm³/mol. The van der Waals surface area contributed by atoms with Gasteiger partial charge in [0.25, 0.3) is 0 Å². The summed E-state index contributed by atoms with van der Waals surface area (Å²) in [4.78, 5) is 23.2. The van der Waals surface area contributed by atoms with Crippen molar-refractivity contribution in [1.82, 2.24) is 9.62 Å². The number of nitrogens with one attached hydrogen (secondary N) is 1. The number of carbonyl (C=O) groups excluding carboxylic acids is 2. The van der Waals surface area contributed by atoms with Gasteiger partial charge in [0.05, 0.1) is 11.4 Å². The topological polar surface area (TPSA) is 92.8 Å². The molecule has 0 aliphatic rings. The number of ketones is 1. The summed E-state index contributed by atoms with van der Waals surface area (Å²) >= 11 is 0. The SMILES string of the molecule is CCCCOCCCNC(=O)CN(C)S(=O)(=O)c1ccc(C(C)=O)cc1. The van der Waals surface area contributed by atoms with Crippen LogP contribution in [0.5, 0.6) is 0 Å². The molecule has 0 atom stereocenters. The van der Waals surface area contributed by atoms with Gasteiger partial charge >= 0.3 is 0 Å². The number of amides is 1. The second kappa shape index (κ2) is 11.1. The van der Waals surface area contributed by atoms with Crippen molar-refractivity contribution < 1.29 is 22.7 Å². The van der Waals surface area contributed by atoms with E-state index >= 15 is 0 Å². The molecule has 1 aromatic rings. The summed E-state index contributed by atoms with van der Waals surface area (Å²) in [5.41, 5.74) is 0.436. The number of ether oxygens (including phenoxy) is 1. The molecule has 26 heavy (non-hydrogen) atoms. The molecule has 1 amide bonds. The second-order valence-corrected chi connectivity index (χ2v) is 8.06. The molecule has 0 bridgehead atoms. The zero-order chi connectivity index (χ0) is 19.6. The van der Waals surface area contributed by atoms with Gasteiger partial charge < -0.3 is 10.1 Å². The first-order valence-electron chi connectivity index (χ1n) is 8.70. The van der Waals surface area contributed by atoms with Gasteiger partial charge in [-0.05, 0) is 31.9 Å². The van der Waals surface area contributed by atoms with E-state index in [4.69, 9.17) is 4.74 Å². The molecule has 0 spiro atoms. The van der Waals surface area contributed by atoms with Crippen molar-refractivity contribution in [2.24, 2.45) is 0 Å². The van der Waals surface area contributed by atoms with Crippen LogP contribution < -0.4 is 5.32 Å². The van der Waals surface area contributed by atoms with Crippen LogP contribution in [0, 0.1) is 0 Å². The van der Waals surface area contributed by atoms with Crippen molar-refractivity contribution in [3.05, 3.63) is 29.8 Å². The minimum atomic E-state index is -3.79. The largest absolute Gasteiger partial charge is 0.381 e. The summed E-state index contributed by atoms with van der Waals surface area (Å²) in [6.07, 6.45) is 2.77. The highest BCUT2D eigenvalue weighted by Crippen LogP contribution is 2.15. The third kappa shape index (κ3) is 7.23. The predicted octanol–water partition coefficient (Wildman–Crippen LogP) is 1.83. The number of carbonyl (C=O) groups is 2. The van der Waals surface area contributed by atoms with Crippen LogP contribution in [0.15, 0.2) is 29.2 Å². The molecular weight excluding hydrogens is 356 g/mol. The number of likely N-dealkylation sites (N-methyl/N-ethyl adjacent to an activating group) is 1. The van der Waals surface area contributed by atoms with E-state index in [2.05, 4.69) is 12.2 Å². The molecule has 1 rings (SSSR count). The van der Waals surface area contributed by atoms with Crippen molar-refractivity contribution in [2.75, 3.05) is 33.4 Å². The zero-order valence-corrected chi connectivity index (χ0v) is 16.5. The van der Waals surface area contributed by atoms with E-state index in [1.807, 2.05) is 0 Å². The first kappa shape index (κ1) is 22.3. The fourth-order valence-corrected chi connectivity index (χ4v) is 3.26. The van der Waals surface area contributed by atoms with Crippen molar-refractivity contribution in [3.8, 4) is 0 Å². The highest BCUT2D eigenvalue weighted by Gasteiger charge is 2.22. The quantitative estimate of drug-likeness (QED) is 0.438. The Labute approximate surface area is 155 Å². The molecule has 0 aliphatic heterocycles. The molecule has 8 heteroatoms. The van der Waals surface area contributed by atoms with E-state index in [1.54, 1.807) is 0 Å². The Balaban J connectivity index is 2.45. The number of hydrogen-bond donors (Lipinski definition) is 1. The lowest BCUT2D eigenvalue weighted by Crippen LogP contribution is -2.38. The molecule has 0 unspecified atom stereocenters. The van der Waals surface area contributed by atoms with Gasteiger partial charge in [-0.15, -0.1) is 0 Å². The smallest absolute Gasteiger partial charge is 0.243 e. The Hall–Kier alpha value is -1.77. The van der Waals surface area contributed by atoms with Gasteiger partial charge in [0.1, 0.15) is 0 Å². The summed E-state index contributed by atoms with van der Waals surface area (Å²) in [6, 6.07) is 5.66. The zero-order valence-electron chi connectivity index (χ0n) is 15.7. The lowest BCUT2D eigenvalue weighted by molar-refractivity contribution is -0.121. The molecule has 0 saturated heterocycles. The van der Waals surface area contributed by atoms with E-state index in [0.717, 1.165) is 17.1 Å². The third-order valence-corrected chi connectivity index (χ3v) is 5.58. The van der Waals surface area contributed by atoms with Gasteiger partial charge in [0, 0.05) is 32.4 Å². The van der Waals surface area contributed by atoms with Crippen molar-refractivity contribution >= 4 is 21.7 Å². The van der Waals surface area contributed by atoms with E-state index in [9.17, 15) is 18.0 Å².